The fourth-order valence-corrected chi connectivity index (χ4v) is 5.18. The van der Waals surface area contributed by atoms with Gasteiger partial charge < -0.3 is 19.7 Å². The molecule has 3 rings (SSSR count). The SMILES string of the molecule is CCCNC(=O)[C@@H](CC)N(Cc1ccc(C)cc1)C(=O)CCCN(c1ccc2c(c1)OCO2)S(C)(=O)=O. The fraction of sp³-hybridized carbons (Fsp3) is 0.481. The van der Waals surface area contributed by atoms with Gasteiger partial charge in [-0.2, -0.15) is 0 Å². The number of nitrogens with one attached hydrogen (secondary N) is 1. The molecule has 0 saturated heterocycles. The molecule has 0 fully saturated rings. The highest BCUT2D eigenvalue weighted by Crippen LogP contribution is 2.36. The molecule has 37 heavy (non-hydrogen) atoms. The summed E-state index contributed by atoms with van der Waals surface area (Å²) in [5.41, 5.74) is 2.48. The zero-order chi connectivity index (χ0) is 27.0. The standard InChI is InChI=1S/C27H37N3O6S/c1-5-15-28-27(32)23(6-2)29(18-21-11-9-20(3)10-12-21)26(31)8-7-16-30(37(4,33)34)22-13-14-24-25(17-22)36-19-35-24/h9-14,17,23H,5-8,15-16,18-19H2,1-4H3,(H,28,32)/t23-/m1/s1. The van der Waals surface area contributed by atoms with Crippen LogP contribution in [0.5, 0.6) is 11.5 Å². The number of benzene rings is 2. The quantitative estimate of drug-likeness (QED) is 0.423. The second kappa shape index (κ2) is 12.8. The number of nitrogens with zero attached hydrogens (tertiary/aromatic N) is 2. The molecule has 0 saturated carbocycles. The predicted octanol–water partition coefficient (Wildman–Crippen LogP) is 3.60. The Hall–Kier alpha value is -3.27. The van der Waals surface area contributed by atoms with Crippen LogP contribution in [-0.2, 0) is 26.2 Å². The van der Waals surface area contributed by atoms with Gasteiger partial charge in [-0.05, 0) is 43.9 Å². The number of sulfonamides is 1. The average molecular weight is 532 g/mol. The lowest BCUT2D eigenvalue weighted by Gasteiger charge is -2.31. The molecule has 1 aliphatic rings. The molecule has 202 valence electrons. The Bertz CT molecular complexity index is 1180. The van der Waals surface area contributed by atoms with Crippen molar-refractivity contribution in [3.05, 3.63) is 53.6 Å². The van der Waals surface area contributed by atoms with Gasteiger partial charge in [0.15, 0.2) is 11.5 Å². The van der Waals surface area contributed by atoms with Crippen LogP contribution in [0.4, 0.5) is 5.69 Å². The summed E-state index contributed by atoms with van der Waals surface area (Å²) in [5.74, 6) is 0.669. The maximum atomic E-state index is 13.5. The van der Waals surface area contributed by atoms with E-state index in [9.17, 15) is 18.0 Å². The summed E-state index contributed by atoms with van der Waals surface area (Å²) in [6.45, 7) is 6.90. The Kier molecular flexibility index (Phi) is 9.79. The second-order valence-electron chi connectivity index (χ2n) is 9.20. The number of carbonyl (C=O) groups excluding carboxylic acids is 2. The highest BCUT2D eigenvalue weighted by Gasteiger charge is 2.29. The molecule has 1 atom stereocenters. The van der Waals surface area contributed by atoms with Crippen molar-refractivity contribution in [1.82, 2.24) is 10.2 Å². The number of hydrogen-bond acceptors (Lipinski definition) is 6. The van der Waals surface area contributed by atoms with E-state index in [0.29, 0.717) is 36.7 Å². The van der Waals surface area contributed by atoms with Gasteiger partial charge in [0, 0.05) is 32.1 Å². The van der Waals surface area contributed by atoms with E-state index in [1.165, 1.54) is 4.31 Å². The van der Waals surface area contributed by atoms with Crippen LogP contribution in [0.1, 0.15) is 50.7 Å². The van der Waals surface area contributed by atoms with Gasteiger partial charge in [0.1, 0.15) is 6.04 Å². The van der Waals surface area contributed by atoms with Crippen molar-refractivity contribution >= 4 is 27.5 Å². The number of aryl methyl sites for hydroxylation is 1. The Morgan fingerprint density at radius 3 is 2.41 bits per heavy atom. The smallest absolute Gasteiger partial charge is 0.242 e. The molecule has 0 unspecified atom stereocenters. The van der Waals surface area contributed by atoms with E-state index < -0.39 is 16.1 Å². The molecule has 0 spiro atoms. The summed E-state index contributed by atoms with van der Waals surface area (Å²) in [5, 5.41) is 2.91. The van der Waals surface area contributed by atoms with Crippen molar-refractivity contribution in [2.45, 2.75) is 59.0 Å². The molecule has 1 aliphatic heterocycles. The van der Waals surface area contributed by atoms with Crippen molar-refractivity contribution in [3.8, 4) is 11.5 Å². The van der Waals surface area contributed by atoms with E-state index in [1.54, 1.807) is 23.1 Å². The first-order chi connectivity index (χ1) is 17.6. The Morgan fingerprint density at radius 1 is 1.05 bits per heavy atom. The summed E-state index contributed by atoms with van der Waals surface area (Å²) in [7, 11) is -3.60. The van der Waals surface area contributed by atoms with Crippen molar-refractivity contribution in [2.24, 2.45) is 0 Å². The molecule has 10 heteroatoms. The predicted molar refractivity (Wildman–Crippen MR) is 143 cm³/mol. The van der Waals surface area contributed by atoms with Crippen LogP contribution in [0.3, 0.4) is 0 Å². The summed E-state index contributed by atoms with van der Waals surface area (Å²) in [6, 6.07) is 12.2. The third-order valence-corrected chi connectivity index (χ3v) is 7.40. The van der Waals surface area contributed by atoms with Crippen LogP contribution in [0.15, 0.2) is 42.5 Å². The Morgan fingerprint density at radius 2 is 1.76 bits per heavy atom. The minimum absolute atomic E-state index is 0.0907. The van der Waals surface area contributed by atoms with Crippen LogP contribution in [0.25, 0.3) is 0 Å². The van der Waals surface area contributed by atoms with Crippen LogP contribution in [0.2, 0.25) is 0 Å². The number of hydrogen-bond donors (Lipinski definition) is 1. The highest BCUT2D eigenvalue weighted by molar-refractivity contribution is 7.92. The Labute approximate surface area is 219 Å². The molecule has 0 aromatic heterocycles. The van der Waals surface area contributed by atoms with E-state index in [4.69, 9.17) is 9.47 Å². The molecule has 1 N–H and O–H groups in total. The van der Waals surface area contributed by atoms with Crippen molar-refractivity contribution in [3.63, 3.8) is 0 Å². The van der Waals surface area contributed by atoms with Gasteiger partial charge in [0.05, 0.1) is 11.9 Å². The second-order valence-corrected chi connectivity index (χ2v) is 11.1. The van der Waals surface area contributed by atoms with Gasteiger partial charge in [-0.25, -0.2) is 8.42 Å². The van der Waals surface area contributed by atoms with Crippen LogP contribution in [0, 0.1) is 6.92 Å². The first kappa shape index (κ1) is 28.3. The van der Waals surface area contributed by atoms with E-state index in [0.717, 1.165) is 23.8 Å². The van der Waals surface area contributed by atoms with Gasteiger partial charge >= 0.3 is 0 Å². The molecule has 0 radical (unpaired) electrons. The van der Waals surface area contributed by atoms with E-state index in [1.807, 2.05) is 45.0 Å². The summed E-state index contributed by atoms with van der Waals surface area (Å²) in [6.07, 6.45) is 2.79. The molecule has 0 bridgehead atoms. The number of amides is 2. The van der Waals surface area contributed by atoms with Crippen molar-refractivity contribution in [2.75, 3.05) is 30.4 Å². The van der Waals surface area contributed by atoms with Crippen molar-refractivity contribution in [1.29, 1.82) is 0 Å². The van der Waals surface area contributed by atoms with E-state index in [-0.39, 0.29) is 38.0 Å². The number of anilines is 1. The number of ether oxygens (including phenoxy) is 2. The molecular weight excluding hydrogens is 494 g/mol. The molecule has 9 nitrogen and oxygen atoms in total. The largest absolute Gasteiger partial charge is 0.454 e. The van der Waals surface area contributed by atoms with Gasteiger partial charge in [-0.1, -0.05) is 43.7 Å². The Balaban J connectivity index is 1.74. The minimum atomic E-state index is -3.60. The molecule has 2 aromatic carbocycles. The summed E-state index contributed by atoms with van der Waals surface area (Å²) in [4.78, 5) is 28.0. The van der Waals surface area contributed by atoms with Crippen LogP contribution >= 0.6 is 0 Å². The topological polar surface area (TPSA) is 105 Å². The van der Waals surface area contributed by atoms with Gasteiger partial charge in [-0.15, -0.1) is 0 Å². The minimum Gasteiger partial charge on any atom is -0.454 e. The molecular formula is C27H37N3O6S. The molecule has 2 amide bonds. The van der Waals surface area contributed by atoms with Crippen LogP contribution < -0.4 is 19.1 Å². The third-order valence-electron chi connectivity index (χ3n) is 6.20. The first-order valence-corrected chi connectivity index (χ1v) is 14.5. The van der Waals surface area contributed by atoms with E-state index in [2.05, 4.69) is 5.32 Å². The first-order valence-electron chi connectivity index (χ1n) is 12.6. The maximum Gasteiger partial charge on any atom is 0.242 e. The summed E-state index contributed by atoms with van der Waals surface area (Å²) >= 11 is 0. The van der Waals surface area contributed by atoms with Crippen molar-refractivity contribution < 1.29 is 27.5 Å². The van der Waals surface area contributed by atoms with Gasteiger partial charge in [0.2, 0.25) is 28.6 Å². The average Bonchev–Trinajstić information content (AvgIpc) is 3.33. The molecule has 2 aromatic rings. The molecule has 1 heterocycles. The maximum absolute atomic E-state index is 13.5. The monoisotopic (exact) mass is 531 g/mol. The zero-order valence-electron chi connectivity index (χ0n) is 22.0. The lowest BCUT2D eigenvalue weighted by molar-refractivity contribution is -0.141. The lowest BCUT2D eigenvalue weighted by Crippen LogP contribution is -2.49. The zero-order valence-corrected chi connectivity index (χ0v) is 22.8. The lowest BCUT2D eigenvalue weighted by atomic mass is 10.1. The van der Waals surface area contributed by atoms with Gasteiger partial charge in [-0.3, -0.25) is 13.9 Å². The van der Waals surface area contributed by atoms with E-state index >= 15 is 0 Å². The third kappa shape index (κ3) is 7.61. The van der Waals surface area contributed by atoms with Gasteiger partial charge in [0.25, 0.3) is 0 Å². The number of carbonyl (C=O) groups is 2. The number of fused-ring (bicyclic) bond motifs is 1. The fourth-order valence-electron chi connectivity index (χ4n) is 4.22. The summed E-state index contributed by atoms with van der Waals surface area (Å²) < 4.78 is 37.1. The highest BCUT2D eigenvalue weighted by atomic mass is 32.2. The normalized spacial score (nSPS) is 13.2. The molecule has 0 aliphatic carbocycles. The van der Waals surface area contributed by atoms with Crippen LogP contribution in [-0.4, -0.2) is 57.3 Å². The number of rotatable bonds is 13.